The number of nitrogen functional groups attached to an aromatic ring is 1. The summed E-state index contributed by atoms with van der Waals surface area (Å²) in [5, 5.41) is 22.6. The maximum atomic E-state index is 9.13. The first-order chi connectivity index (χ1) is 14.1. The Morgan fingerprint density at radius 2 is 2.00 bits per heavy atom. The molecule has 0 radical (unpaired) electrons. The number of nitrogens with two attached hydrogens (primary N) is 1. The van der Waals surface area contributed by atoms with Crippen LogP contribution < -0.4 is 10.5 Å². The number of anilines is 1. The maximum absolute atomic E-state index is 9.13. The Morgan fingerprint density at radius 1 is 1.14 bits per heavy atom. The minimum absolute atomic E-state index is 0.00148. The molecule has 10 heteroatoms. The second-order valence-corrected chi connectivity index (χ2v) is 6.64. The summed E-state index contributed by atoms with van der Waals surface area (Å²) in [5.41, 5.74) is 8.61. The normalized spacial score (nSPS) is 10.4. The quantitative estimate of drug-likeness (QED) is 0.504. The highest BCUT2D eigenvalue weighted by Crippen LogP contribution is 2.31. The summed E-state index contributed by atoms with van der Waals surface area (Å²) < 4.78 is 7.56. The molecule has 0 fully saturated rings. The van der Waals surface area contributed by atoms with Crippen LogP contribution in [0.1, 0.15) is 17.0 Å². The van der Waals surface area contributed by atoms with Crippen molar-refractivity contribution in [2.75, 3.05) is 5.73 Å². The number of rotatable bonds is 4. The largest absolute Gasteiger partial charge is 0.468 e. The van der Waals surface area contributed by atoms with Gasteiger partial charge >= 0.3 is 0 Å². The van der Waals surface area contributed by atoms with Gasteiger partial charge < -0.3 is 10.5 Å². The summed E-state index contributed by atoms with van der Waals surface area (Å²) in [5.74, 6) is 0.680. The van der Waals surface area contributed by atoms with E-state index in [1.54, 1.807) is 30.3 Å². The van der Waals surface area contributed by atoms with Crippen molar-refractivity contribution < 1.29 is 4.74 Å². The minimum atomic E-state index is -0.00148. The van der Waals surface area contributed by atoms with E-state index in [0.29, 0.717) is 32.8 Å². The molecule has 0 aliphatic rings. The van der Waals surface area contributed by atoms with Crippen LogP contribution in [-0.4, -0.2) is 24.6 Å². The zero-order chi connectivity index (χ0) is 20.4. The van der Waals surface area contributed by atoms with Gasteiger partial charge in [-0.15, -0.1) is 5.10 Å². The number of hydrogen-bond acceptors (Lipinski definition) is 8. The summed E-state index contributed by atoms with van der Waals surface area (Å²) in [6.45, 7) is -0.00148. The van der Waals surface area contributed by atoms with Crippen LogP contribution in [0.15, 0.2) is 47.1 Å². The van der Waals surface area contributed by atoms with Crippen molar-refractivity contribution in [1.82, 2.24) is 24.6 Å². The highest BCUT2D eigenvalue weighted by molar-refractivity contribution is 9.10. The Kier molecular flexibility index (Phi) is 4.77. The van der Waals surface area contributed by atoms with Crippen molar-refractivity contribution in [2.24, 2.45) is 0 Å². The van der Waals surface area contributed by atoms with E-state index in [4.69, 9.17) is 21.0 Å². The topological polar surface area (TPSA) is 139 Å². The fourth-order valence-electron chi connectivity index (χ4n) is 2.69. The molecule has 0 unspecified atom stereocenters. The molecule has 0 aliphatic heterocycles. The van der Waals surface area contributed by atoms with Crippen LogP contribution in [-0.2, 0) is 6.61 Å². The Hall–Kier alpha value is -4.02. The fraction of sp³-hybridized carbons (Fsp3) is 0.0526. The van der Waals surface area contributed by atoms with Crippen molar-refractivity contribution in [3.05, 3.63) is 64.0 Å². The average molecular weight is 447 g/mol. The maximum Gasteiger partial charge on any atom is 0.232 e. The monoisotopic (exact) mass is 446 g/mol. The van der Waals surface area contributed by atoms with E-state index in [1.165, 1.54) is 10.7 Å². The average Bonchev–Trinajstić information content (AvgIpc) is 3.20. The lowest BCUT2D eigenvalue weighted by molar-refractivity contribution is 0.283. The molecule has 3 aromatic heterocycles. The number of fused-ring (bicyclic) bond motifs is 1. The molecule has 0 spiro atoms. The Morgan fingerprint density at radius 3 is 2.79 bits per heavy atom. The van der Waals surface area contributed by atoms with Gasteiger partial charge in [-0.25, -0.2) is 15.0 Å². The fourth-order valence-corrected chi connectivity index (χ4v) is 3.26. The first-order valence-electron chi connectivity index (χ1n) is 8.29. The van der Waals surface area contributed by atoms with Crippen LogP contribution >= 0.6 is 15.9 Å². The van der Waals surface area contributed by atoms with Crippen LogP contribution in [0, 0.1) is 22.7 Å². The molecule has 0 bridgehead atoms. The number of benzene rings is 1. The number of nitriles is 2. The molecule has 4 aromatic rings. The molecule has 140 valence electrons. The van der Waals surface area contributed by atoms with E-state index >= 15 is 0 Å². The summed E-state index contributed by atoms with van der Waals surface area (Å²) in [6, 6.07) is 14.4. The molecular weight excluding hydrogens is 436 g/mol. The second kappa shape index (κ2) is 7.54. The number of hydrogen-bond donors (Lipinski definition) is 1. The summed E-state index contributed by atoms with van der Waals surface area (Å²) in [7, 11) is 0. The number of nitrogens with zero attached hydrogens (tertiary/aromatic N) is 7. The number of pyridine rings is 1. The highest BCUT2D eigenvalue weighted by Gasteiger charge is 2.17. The molecule has 0 saturated heterocycles. The number of ether oxygens (including phenoxy) is 1. The third-order valence-electron chi connectivity index (χ3n) is 3.99. The molecule has 3 heterocycles. The van der Waals surface area contributed by atoms with Crippen molar-refractivity contribution >= 4 is 27.5 Å². The van der Waals surface area contributed by atoms with Gasteiger partial charge in [-0.3, -0.25) is 0 Å². The van der Waals surface area contributed by atoms with E-state index in [1.807, 2.05) is 12.1 Å². The van der Waals surface area contributed by atoms with E-state index in [-0.39, 0.29) is 18.4 Å². The van der Waals surface area contributed by atoms with Crippen LogP contribution in [0.25, 0.3) is 16.9 Å². The molecule has 0 saturated carbocycles. The molecule has 0 amide bonds. The van der Waals surface area contributed by atoms with Gasteiger partial charge in [0.05, 0.1) is 21.8 Å². The third kappa shape index (κ3) is 3.45. The lowest BCUT2D eigenvalue weighted by atomic mass is 10.1. The SMILES string of the molecule is N#Cc1cccc(-c2nc(N)n3nc(COc4ncccc4C#N)nc3c2Br)c1. The smallest absolute Gasteiger partial charge is 0.232 e. The lowest BCUT2D eigenvalue weighted by Gasteiger charge is -2.07. The number of aromatic nitrogens is 5. The Balaban J connectivity index is 1.71. The van der Waals surface area contributed by atoms with E-state index < -0.39 is 0 Å². The van der Waals surface area contributed by atoms with Crippen LogP contribution in [0.4, 0.5) is 5.95 Å². The summed E-state index contributed by atoms with van der Waals surface area (Å²) in [4.78, 5) is 12.9. The van der Waals surface area contributed by atoms with Crippen molar-refractivity contribution in [2.45, 2.75) is 6.61 Å². The van der Waals surface area contributed by atoms with Crippen LogP contribution in [0.2, 0.25) is 0 Å². The standard InChI is InChI=1S/C19H11BrN8O/c20-15-16(12-4-1-3-11(7-12)8-21)26-19(23)28-17(15)25-14(27-28)10-29-18-13(9-22)5-2-6-24-18/h1-7H,10H2,(H2,23,26). The first kappa shape index (κ1) is 18.3. The Bertz CT molecular complexity index is 1320. The summed E-state index contributed by atoms with van der Waals surface area (Å²) >= 11 is 3.51. The second-order valence-electron chi connectivity index (χ2n) is 5.85. The van der Waals surface area contributed by atoms with E-state index in [0.717, 1.165) is 5.56 Å². The molecule has 9 nitrogen and oxygen atoms in total. The van der Waals surface area contributed by atoms with Crippen molar-refractivity contribution in [3.8, 4) is 29.3 Å². The van der Waals surface area contributed by atoms with Gasteiger partial charge in [0, 0.05) is 11.8 Å². The zero-order valence-electron chi connectivity index (χ0n) is 14.7. The van der Waals surface area contributed by atoms with Gasteiger partial charge in [0.2, 0.25) is 11.8 Å². The lowest BCUT2D eigenvalue weighted by Crippen LogP contribution is -2.05. The molecule has 0 atom stereocenters. The molecule has 1 aromatic carbocycles. The van der Waals surface area contributed by atoms with Crippen LogP contribution in [0.5, 0.6) is 5.88 Å². The predicted octanol–water partition coefficient (Wildman–Crippen LogP) is 2.85. The van der Waals surface area contributed by atoms with Crippen molar-refractivity contribution in [3.63, 3.8) is 0 Å². The van der Waals surface area contributed by atoms with Gasteiger partial charge in [-0.05, 0) is 40.2 Å². The molecule has 2 N–H and O–H groups in total. The molecular formula is C19H11BrN8O. The van der Waals surface area contributed by atoms with Crippen LogP contribution in [0.3, 0.4) is 0 Å². The molecule has 4 rings (SSSR count). The molecule has 0 aliphatic carbocycles. The van der Waals surface area contributed by atoms with E-state index in [9.17, 15) is 0 Å². The predicted molar refractivity (Wildman–Crippen MR) is 106 cm³/mol. The first-order valence-corrected chi connectivity index (χ1v) is 9.09. The van der Waals surface area contributed by atoms with Gasteiger partial charge in [-0.2, -0.15) is 15.0 Å². The minimum Gasteiger partial charge on any atom is -0.468 e. The van der Waals surface area contributed by atoms with E-state index in [2.05, 4.69) is 42.0 Å². The Labute approximate surface area is 173 Å². The van der Waals surface area contributed by atoms with Gasteiger partial charge in [0.25, 0.3) is 0 Å². The number of halogens is 1. The van der Waals surface area contributed by atoms with Gasteiger partial charge in [0.1, 0.15) is 11.6 Å². The van der Waals surface area contributed by atoms with Crippen molar-refractivity contribution in [1.29, 1.82) is 10.5 Å². The summed E-state index contributed by atoms with van der Waals surface area (Å²) in [6.07, 6.45) is 1.54. The zero-order valence-corrected chi connectivity index (χ0v) is 16.3. The third-order valence-corrected chi connectivity index (χ3v) is 4.72. The highest BCUT2D eigenvalue weighted by atomic mass is 79.9. The molecule has 29 heavy (non-hydrogen) atoms. The van der Waals surface area contributed by atoms with Gasteiger partial charge in [-0.1, -0.05) is 12.1 Å². The van der Waals surface area contributed by atoms with Gasteiger partial charge in [0.15, 0.2) is 18.1 Å².